The second kappa shape index (κ2) is 4.06. The van der Waals surface area contributed by atoms with Crippen LogP contribution in [0.15, 0.2) is 28.9 Å². The topological polar surface area (TPSA) is 79.1 Å². The van der Waals surface area contributed by atoms with Gasteiger partial charge in [0.1, 0.15) is 11.5 Å². The zero-order chi connectivity index (χ0) is 11.5. The van der Waals surface area contributed by atoms with E-state index in [0.29, 0.717) is 11.5 Å². The van der Waals surface area contributed by atoms with Gasteiger partial charge in [-0.1, -0.05) is 0 Å². The third kappa shape index (κ3) is 2.03. The third-order valence-electron chi connectivity index (χ3n) is 2.11. The van der Waals surface area contributed by atoms with Crippen molar-refractivity contribution in [3.8, 4) is 0 Å². The molecule has 0 fully saturated rings. The molecule has 0 radical (unpaired) electrons. The van der Waals surface area contributed by atoms with Gasteiger partial charge >= 0.3 is 5.97 Å². The molecule has 5 nitrogen and oxygen atoms in total. The molecule has 2 rings (SSSR count). The predicted molar refractivity (Wildman–Crippen MR) is 57.8 cm³/mol. The SMILES string of the molecule is C/C(=C/c1ccco1)c1cc(C(=O)O)[nH]n1. The van der Waals surface area contributed by atoms with E-state index in [1.165, 1.54) is 6.07 Å². The lowest BCUT2D eigenvalue weighted by Crippen LogP contribution is -1.95. The summed E-state index contributed by atoms with van der Waals surface area (Å²) in [4.78, 5) is 10.6. The lowest BCUT2D eigenvalue weighted by atomic mass is 10.2. The number of hydrogen-bond donors (Lipinski definition) is 2. The molecular formula is C11H10N2O3. The fraction of sp³-hybridized carbons (Fsp3) is 0.0909. The molecule has 2 N–H and O–H groups in total. The van der Waals surface area contributed by atoms with Crippen LogP contribution in [0.5, 0.6) is 0 Å². The van der Waals surface area contributed by atoms with Crippen molar-refractivity contribution >= 4 is 17.6 Å². The second-order valence-corrected chi connectivity index (χ2v) is 3.31. The molecule has 0 unspecified atom stereocenters. The van der Waals surface area contributed by atoms with Crippen LogP contribution in [0.2, 0.25) is 0 Å². The normalized spacial score (nSPS) is 11.7. The smallest absolute Gasteiger partial charge is 0.353 e. The summed E-state index contributed by atoms with van der Waals surface area (Å²) in [5.74, 6) is -0.318. The molecule has 16 heavy (non-hydrogen) atoms. The predicted octanol–water partition coefficient (Wildman–Crippen LogP) is 2.26. The quantitative estimate of drug-likeness (QED) is 0.828. The number of allylic oxidation sites excluding steroid dienone is 1. The minimum Gasteiger partial charge on any atom is -0.477 e. The summed E-state index contributed by atoms with van der Waals surface area (Å²) in [6.45, 7) is 1.84. The Morgan fingerprint density at radius 2 is 2.44 bits per heavy atom. The number of carboxylic acid groups (broad SMARTS) is 1. The van der Waals surface area contributed by atoms with Crippen LogP contribution in [-0.2, 0) is 0 Å². The van der Waals surface area contributed by atoms with Crippen LogP contribution in [0.1, 0.15) is 28.9 Å². The molecule has 0 atom stereocenters. The van der Waals surface area contributed by atoms with E-state index in [2.05, 4.69) is 10.2 Å². The van der Waals surface area contributed by atoms with Gasteiger partial charge in [-0.05, 0) is 36.8 Å². The molecule has 0 saturated heterocycles. The van der Waals surface area contributed by atoms with Crippen LogP contribution in [0.25, 0.3) is 11.6 Å². The number of carbonyl (C=O) groups is 1. The van der Waals surface area contributed by atoms with Crippen LogP contribution in [0.4, 0.5) is 0 Å². The first kappa shape index (κ1) is 10.2. The average Bonchev–Trinajstić information content (AvgIpc) is 2.86. The summed E-state index contributed by atoms with van der Waals surface area (Å²) >= 11 is 0. The maximum absolute atomic E-state index is 10.6. The highest BCUT2D eigenvalue weighted by Gasteiger charge is 2.08. The van der Waals surface area contributed by atoms with Crippen molar-refractivity contribution in [2.45, 2.75) is 6.92 Å². The summed E-state index contributed by atoms with van der Waals surface area (Å²) in [5, 5.41) is 15.1. The molecular weight excluding hydrogens is 208 g/mol. The summed E-state index contributed by atoms with van der Waals surface area (Å²) < 4.78 is 5.15. The highest BCUT2D eigenvalue weighted by atomic mass is 16.4. The van der Waals surface area contributed by atoms with Crippen molar-refractivity contribution < 1.29 is 14.3 Å². The monoisotopic (exact) mass is 218 g/mol. The van der Waals surface area contributed by atoms with Crippen LogP contribution in [0, 0.1) is 0 Å². The first-order valence-electron chi connectivity index (χ1n) is 4.67. The van der Waals surface area contributed by atoms with E-state index in [-0.39, 0.29) is 5.69 Å². The number of aromatic carboxylic acids is 1. The van der Waals surface area contributed by atoms with Gasteiger partial charge in [0.2, 0.25) is 0 Å². The molecule has 0 saturated carbocycles. The Kier molecular flexibility index (Phi) is 2.59. The maximum Gasteiger partial charge on any atom is 0.353 e. The van der Waals surface area contributed by atoms with Crippen molar-refractivity contribution in [1.82, 2.24) is 10.2 Å². The van der Waals surface area contributed by atoms with Gasteiger partial charge in [0.05, 0.1) is 12.0 Å². The maximum atomic E-state index is 10.6. The van der Waals surface area contributed by atoms with Gasteiger partial charge in [0.15, 0.2) is 0 Å². The van der Waals surface area contributed by atoms with Gasteiger partial charge in [0.25, 0.3) is 0 Å². The van der Waals surface area contributed by atoms with Crippen molar-refractivity contribution in [3.05, 3.63) is 41.6 Å². The van der Waals surface area contributed by atoms with Crippen LogP contribution < -0.4 is 0 Å². The summed E-state index contributed by atoms with van der Waals surface area (Å²) in [5.41, 5.74) is 1.50. The molecule has 82 valence electrons. The fourth-order valence-corrected chi connectivity index (χ4v) is 1.29. The highest BCUT2D eigenvalue weighted by Crippen LogP contribution is 2.16. The largest absolute Gasteiger partial charge is 0.477 e. The molecule has 0 spiro atoms. The molecule has 0 amide bonds. The lowest BCUT2D eigenvalue weighted by molar-refractivity contribution is 0.0690. The second-order valence-electron chi connectivity index (χ2n) is 3.31. The van der Waals surface area contributed by atoms with E-state index in [1.807, 2.05) is 13.0 Å². The van der Waals surface area contributed by atoms with E-state index >= 15 is 0 Å². The van der Waals surface area contributed by atoms with Gasteiger partial charge in [-0.2, -0.15) is 5.10 Å². The number of H-pyrrole nitrogens is 1. The third-order valence-corrected chi connectivity index (χ3v) is 2.11. The average molecular weight is 218 g/mol. The summed E-state index contributed by atoms with van der Waals surface area (Å²) in [6, 6.07) is 5.08. The minimum atomic E-state index is -1.02. The lowest BCUT2D eigenvalue weighted by Gasteiger charge is -1.92. The number of aromatic amines is 1. The standard InChI is InChI=1S/C11H10N2O3/c1-7(5-8-3-2-4-16-8)9-6-10(11(14)15)13-12-9/h2-6H,1H3,(H,12,13)(H,14,15)/b7-5-. The number of aromatic nitrogens is 2. The Morgan fingerprint density at radius 1 is 1.62 bits per heavy atom. The Bertz CT molecular complexity index is 523. The minimum absolute atomic E-state index is 0.0715. The molecule has 0 aliphatic rings. The molecule has 0 aliphatic carbocycles. The van der Waals surface area contributed by atoms with E-state index in [4.69, 9.17) is 9.52 Å². The van der Waals surface area contributed by atoms with E-state index in [0.717, 1.165) is 5.57 Å². The number of hydrogen-bond acceptors (Lipinski definition) is 3. The van der Waals surface area contributed by atoms with Gasteiger partial charge in [-0.15, -0.1) is 0 Å². The summed E-state index contributed by atoms with van der Waals surface area (Å²) in [7, 11) is 0. The van der Waals surface area contributed by atoms with E-state index in [1.54, 1.807) is 18.4 Å². The van der Waals surface area contributed by atoms with Gasteiger partial charge < -0.3 is 9.52 Å². The zero-order valence-corrected chi connectivity index (χ0v) is 8.60. The van der Waals surface area contributed by atoms with Gasteiger partial charge in [-0.3, -0.25) is 5.10 Å². The number of furan rings is 1. The molecule has 2 heterocycles. The van der Waals surface area contributed by atoms with Gasteiger partial charge in [-0.25, -0.2) is 4.79 Å². The van der Waals surface area contributed by atoms with Crippen molar-refractivity contribution in [2.24, 2.45) is 0 Å². The molecule has 0 aromatic carbocycles. The number of carboxylic acids is 1. The Morgan fingerprint density at radius 3 is 3.00 bits per heavy atom. The Labute approximate surface area is 91.4 Å². The van der Waals surface area contributed by atoms with E-state index < -0.39 is 5.97 Å². The number of nitrogens with one attached hydrogen (secondary N) is 1. The zero-order valence-electron chi connectivity index (χ0n) is 8.60. The van der Waals surface area contributed by atoms with Crippen molar-refractivity contribution in [2.75, 3.05) is 0 Å². The molecule has 0 aliphatic heterocycles. The van der Waals surface area contributed by atoms with Crippen molar-refractivity contribution in [1.29, 1.82) is 0 Å². The summed E-state index contributed by atoms with van der Waals surface area (Å²) in [6.07, 6.45) is 3.37. The first-order valence-corrected chi connectivity index (χ1v) is 4.67. The highest BCUT2D eigenvalue weighted by molar-refractivity contribution is 5.87. The van der Waals surface area contributed by atoms with Crippen LogP contribution in [-0.4, -0.2) is 21.3 Å². The molecule has 2 aromatic heterocycles. The van der Waals surface area contributed by atoms with E-state index in [9.17, 15) is 4.79 Å². The fourth-order valence-electron chi connectivity index (χ4n) is 1.29. The number of rotatable bonds is 3. The van der Waals surface area contributed by atoms with Gasteiger partial charge in [0, 0.05) is 0 Å². The van der Waals surface area contributed by atoms with Crippen molar-refractivity contribution in [3.63, 3.8) is 0 Å². The Hall–Kier alpha value is -2.30. The van der Waals surface area contributed by atoms with Crippen LogP contribution >= 0.6 is 0 Å². The van der Waals surface area contributed by atoms with Crippen LogP contribution in [0.3, 0.4) is 0 Å². The number of nitrogens with zero attached hydrogens (tertiary/aromatic N) is 1. The first-order chi connectivity index (χ1) is 7.66. The molecule has 0 bridgehead atoms. The Balaban J connectivity index is 2.27. The molecule has 2 aromatic rings. The molecule has 5 heteroatoms.